The van der Waals surface area contributed by atoms with Crippen LogP contribution in [0.4, 0.5) is 0 Å². The van der Waals surface area contributed by atoms with Crippen LogP contribution in [0.3, 0.4) is 0 Å². The minimum atomic E-state index is -0.627. The molecule has 0 saturated heterocycles. The number of allylic oxidation sites excluding steroid dienone is 2. The fourth-order valence-corrected chi connectivity index (χ4v) is 2.85. The van der Waals surface area contributed by atoms with Crippen molar-refractivity contribution in [2.45, 2.75) is 26.7 Å². The van der Waals surface area contributed by atoms with Gasteiger partial charge in [-0.2, -0.15) is 0 Å². The van der Waals surface area contributed by atoms with Crippen molar-refractivity contribution in [2.24, 2.45) is 0 Å². The molecule has 0 bridgehead atoms. The average molecular weight is 331 g/mol. The van der Waals surface area contributed by atoms with Crippen molar-refractivity contribution in [1.29, 1.82) is 0 Å². The molecular weight excluding hydrogens is 310 g/mol. The number of phenols is 1. The van der Waals surface area contributed by atoms with Gasteiger partial charge in [-0.15, -0.1) is 0 Å². The molecular formula is C18H21NO5. The first kappa shape index (κ1) is 17.6. The third-order valence-electron chi connectivity index (χ3n) is 3.89. The third-order valence-corrected chi connectivity index (χ3v) is 3.89. The second kappa shape index (κ2) is 7.21. The molecule has 2 rings (SSSR count). The van der Waals surface area contributed by atoms with E-state index in [1.165, 1.54) is 19.2 Å². The van der Waals surface area contributed by atoms with Crippen LogP contribution in [0.5, 0.6) is 5.75 Å². The molecule has 1 unspecified atom stereocenters. The molecule has 0 amide bonds. The lowest BCUT2D eigenvalue weighted by Crippen LogP contribution is -2.32. The molecule has 1 atom stereocenters. The lowest BCUT2D eigenvalue weighted by atomic mass is 9.80. The van der Waals surface area contributed by atoms with Crippen LogP contribution in [0.15, 0.2) is 46.8 Å². The summed E-state index contributed by atoms with van der Waals surface area (Å²) in [5.74, 6) is -1.54. The van der Waals surface area contributed by atoms with E-state index in [9.17, 15) is 14.7 Å². The summed E-state index contributed by atoms with van der Waals surface area (Å²) >= 11 is 0. The zero-order valence-corrected chi connectivity index (χ0v) is 14.2. The number of esters is 2. The molecule has 128 valence electrons. The maximum absolute atomic E-state index is 12.5. The number of hydrogen-bond donors (Lipinski definition) is 2. The normalized spacial score (nSPS) is 17.4. The van der Waals surface area contributed by atoms with Crippen molar-refractivity contribution in [3.05, 3.63) is 52.4 Å². The molecule has 2 N–H and O–H groups in total. The maximum atomic E-state index is 12.5. The summed E-state index contributed by atoms with van der Waals surface area (Å²) in [4.78, 5) is 24.8. The summed E-state index contributed by atoms with van der Waals surface area (Å²) in [6.45, 7) is 5.47. The molecule has 1 aliphatic rings. The molecule has 0 fully saturated rings. The van der Waals surface area contributed by atoms with Gasteiger partial charge in [-0.25, -0.2) is 9.59 Å². The second-order valence-corrected chi connectivity index (χ2v) is 5.44. The van der Waals surface area contributed by atoms with Gasteiger partial charge in [0, 0.05) is 11.4 Å². The Morgan fingerprint density at radius 3 is 2.12 bits per heavy atom. The maximum Gasteiger partial charge on any atom is 0.336 e. The number of methoxy groups -OCH3 is 1. The van der Waals surface area contributed by atoms with E-state index < -0.39 is 17.9 Å². The van der Waals surface area contributed by atoms with Crippen LogP contribution >= 0.6 is 0 Å². The molecule has 0 radical (unpaired) electrons. The van der Waals surface area contributed by atoms with Gasteiger partial charge in [0.2, 0.25) is 0 Å². The number of rotatable bonds is 4. The van der Waals surface area contributed by atoms with Gasteiger partial charge in [-0.05, 0) is 38.5 Å². The van der Waals surface area contributed by atoms with Crippen molar-refractivity contribution in [3.63, 3.8) is 0 Å². The van der Waals surface area contributed by atoms with Gasteiger partial charge < -0.3 is 19.9 Å². The molecule has 0 saturated carbocycles. The molecule has 0 aliphatic carbocycles. The first-order valence-corrected chi connectivity index (χ1v) is 7.63. The van der Waals surface area contributed by atoms with Crippen LogP contribution in [0.1, 0.15) is 32.3 Å². The minimum absolute atomic E-state index is 0.103. The van der Waals surface area contributed by atoms with Crippen LogP contribution in [-0.2, 0) is 19.1 Å². The largest absolute Gasteiger partial charge is 0.508 e. The van der Waals surface area contributed by atoms with E-state index in [0.717, 1.165) is 0 Å². The van der Waals surface area contributed by atoms with Crippen molar-refractivity contribution in [2.75, 3.05) is 13.7 Å². The average Bonchev–Trinajstić information content (AvgIpc) is 2.54. The Hall–Kier alpha value is -2.76. The first-order valence-electron chi connectivity index (χ1n) is 7.63. The highest BCUT2D eigenvalue weighted by molar-refractivity contribution is 5.99. The van der Waals surface area contributed by atoms with Crippen LogP contribution < -0.4 is 5.32 Å². The third kappa shape index (κ3) is 3.27. The summed E-state index contributed by atoms with van der Waals surface area (Å²) < 4.78 is 10.1. The Balaban J connectivity index is 2.63. The van der Waals surface area contributed by atoms with E-state index in [2.05, 4.69) is 5.32 Å². The molecule has 1 aliphatic heterocycles. The highest BCUT2D eigenvalue weighted by Gasteiger charge is 2.37. The smallest absolute Gasteiger partial charge is 0.336 e. The number of phenolic OH excluding ortho intramolecular Hbond substituents is 1. The highest BCUT2D eigenvalue weighted by atomic mass is 16.5. The quantitative estimate of drug-likeness (QED) is 0.824. The number of dihydropyridines is 1. The van der Waals surface area contributed by atoms with Crippen molar-refractivity contribution in [3.8, 4) is 5.75 Å². The summed E-state index contributed by atoms with van der Waals surface area (Å²) in [6.07, 6.45) is 0. The predicted molar refractivity (Wildman–Crippen MR) is 88.0 cm³/mol. The molecule has 6 heteroatoms. The summed E-state index contributed by atoms with van der Waals surface area (Å²) in [6, 6.07) is 6.38. The SMILES string of the molecule is CCOC(=O)C1=C(C)NC(C)=C(C(=O)OC)C1c1ccc(O)cc1. The van der Waals surface area contributed by atoms with Gasteiger partial charge in [0.05, 0.1) is 30.8 Å². The van der Waals surface area contributed by atoms with Crippen LogP contribution in [-0.4, -0.2) is 30.8 Å². The van der Waals surface area contributed by atoms with Crippen LogP contribution in [0.25, 0.3) is 0 Å². The number of hydrogen-bond acceptors (Lipinski definition) is 6. The first-order chi connectivity index (χ1) is 11.4. The monoisotopic (exact) mass is 331 g/mol. The Kier molecular flexibility index (Phi) is 5.28. The molecule has 1 aromatic rings. The van der Waals surface area contributed by atoms with E-state index in [1.54, 1.807) is 32.9 Å². The second-order valence-electron chi connectivity index (χ2n) is 5.44. The molecule has 1 heterocycles. The molecule has 0 aromatic heterocycles. The lowest BCUT2D eigenvalue weighted by Gasteiger charge is -2.30. The van der Waals surface area contributed by atoms with E-state index in [1.807, 2.05) is 0 Å². The summed E-state index contributed by atoms with van der Waals surface area (Å²) in [5, 5.41) is 12.6. The zero-order chi connectivity index (χ0) is 17.9. The van der Waals surface area contributed by atoms with Gasteiger partial charge in [0.15, 0.2) is 0 Å². The van der Waals surface area contributed by atoms with Gasteiger partial charge in [0.1, 0.15) is 5.75 Å². The highest BCUT2D eigenvalue weighted by Crippen LogP contribution is 2.39. The van der Waals surface area contributed by atoms with Gasteiger partial charge in [-0.1, -0.05) is 12.1 Å². The number of nitrogens with one attached hydrogen (secondary N) is 1. The van der Waals surface area contributed by atoms with Gasteiger partial charge in [-0.3, -0.25) is 0 Å². The summed E-state index contributed by atoms with van der Waals surface area (Å²) in [5.41, 5.74) is 2.63. The Morgan fingerprint density at radius 2 is 1.62 bits per heavy atom. The Bertz CT molecular complexity index is 715. The van der Waals surface area contributed by atoms with Crippen LogP contribution in [0, 0.1) is 0 Å². The fourth-order valence-electron chi connectivity index (χ4n) is 2.85. The van der Waals surface area contributed by atoms with E-state index >= 15 is 0 Å². The number of ether oxygens (including phenoxy) is 2. The van der Waals surface area contributed by atoms with Gasteiger partial charge in [0.25, 0.3) is 0 Å². The fraction of sp³-hybridized carbons (Fsp3) is 0.333. The van der Waals surface area contributed by atoms with Crippen LogP contribution in [0.2, 0.25) is 0 Å². The molecule has 0 spiro atoms. The Morgan fingerprint density at radius 1 is 1.08 bits per heavy atom. The standard InChI is InChI=1S/C18H21NO5/c1-5-24-18(22)15-11(3)19-10(2)14(17(21)23-4)16(15)12-6-8-13(20)9-7-12/h6-9,16,19-20H,5H2,1-4H3. The molecule has 1 aromatic carbocycles. The Labute approximate surface area is 140 Å². The number of carbonyl (C=O) groups excluding carboxylic acids is 2. The molecule has 24 heavy (non-hydrogen) atoms. The summed E-state index contributed by atoms with van der Waals surface area (Å²) in [7, 11) is 1.30. The molecule has 6 nitrogen and oxygen atoms in total. The minimum Gasteiger partial charge on any atom is -0.508 e. The van der Waals surface area contributed by atoms with Crippen molar-refractivity contribution >= 4 is 11.9 Å². The van der Waals surface area contributed by atoms with E-state index in [-0.39, 0.29) is 12.4 Å². The topological polar surface area (TPSA) is 84.9 Å². The van der Waals surface area contributed by atoms with E-state index in [0.29, 0.717) is 28.1 Å². The predicted octanol–water partition coefficient (Wildman–Crippen LogP) is 2.36. The van der Waals surface area contributed by atoms with Crippen molar-refractivity contribution < 1.29 is 24.2 Å². The van der Waals surface area contributed by atoms with E-state index in [4.69, 9.17) is 9.47 Å². The van der Waals surface area contributed by atoms with Gasteiger partial charge >= 0.3 is 11.9 Å². The van der Waals surface area contributed by atoms with Crippen molar-refractivity contribution in [1.82, 2.24) is 5.32 Å². The zero-order valence-electron chi connectivity index (χ0n) is 14.2. The number of aromatic hydroxyl groups is 1. The number of carbonyl (C=O) groups is 2. The number of benzene rings is 1. The lowest BCUT2D eigenvalue weighted by molar-refractivity contribution is -0.139.